The van der Waals surface area contributed by atoms with Crippen LogP contribution in [0.2, 0.25) is 5.02 Å². The number of furan rings is 1. The number of hydrogen-bond donors (Lipinski definition) is 1. The number of aryl methyl sites for hydroxylation is 3. The number of hydrazone groups is 1. The van der Waals surface area contributed by atoms with Gasteiger partial charge in [-0.05, 0) is 68.1 Å². The molecule has 0 radical (unpaired) electrons. The molecule has 1 aromatic heterocycles. The molecule has 2 aromatic carbocycles. The molecule has 29 heavy (non-hydrogen) atoms. The smallest absolute Gasteiger partial charge is 0.277 e. The number of ether oxygens (including phenoxy) is 1. The second-order valence-corrected chi connectivity index (χ2v) is 7.31. The van der Waals surface area contributed by atoms with Crippen molar-refractivity contribution in [2.75, 3.05) is 6.61 Å². The molecular weight excluding hydrogens is 388 g/mol. The second kappa shape index (κ2) is 8.97. The van der Waals surface area contributed by atoms with Crippen LogP contribution in [0.5, 0.6) is 5.75 Å². The lowest BCUT2D eigenvalue weighted by atomic mass is 10.1. The highest BCUT2D eigenvalue weighted by Gasteiger charge is 2.09. The summed E-state index contributed by atoms with van der Waals surface area (Å²) in [7, 11) is 0. The molecule has 0 spiro atoms. The van der Waals surface area contributed by atoms with Gasteiger partial charge in [-0.3, -0.25) is 4.79 Å². The average molecular weight is 411 g/mol. The Morgan fingerprint density at radius 1 is 1.07 bits per heavy atom. The normalized spacial score (nSPS) is 11.1. The molecule has 0 fully saturated rings. The Hall–Kier alpha value is -3.05. The van der Waals surface area contributed by atoms with Gasteiger partial charge in [-0.2, -0.15) is 5.10 Å². The minimum atomic E-state index is -0.348. The average Bonchev–Trinajstić information content (AvgIpc) is 3.16. The van der Waals surface area contributed by atoms with Crippen LogP contribution in [0.3, 0.4) is 0 Å². The van der Waals surface area contributed by atoms with Gasteiger partial charge in [-0.25, -0.2) is 5.43 Å². The van der Waals surface area contributed by atoms with Crippen LogP contribution in [-0.4, -0.2) is 18.7 Å². The molecule has 0 unspecified atom stereocenters. The molecule has 1 amide bonds. The number of halogens is 1. The van der Waals surface area contributed by atoms with Gasteiger partial charge in [-0.1, -0.05) is 35.9 Å². The molecule has 0 atom stereocenters. The van der Waals surface area contributed by atoms with E-state index in [4.69, 9.17) is 20.8 Å². The summed E-state index contributed by atoms with van der Waals surface area (Å²) in [5.74, 6) is 1.58. The summed E-state index contributed by atoms with van der Waals surface area (Å²) in [6, 6.07) is 13.3. The first-order valence-electron chi connectivity index (χ1n) is 9.23. The number of nitrogens with one attached hydrogen (secondary N) is 1. The first kappa shape index (κ1) is 20.7. The van der Waals surface area contributed by atoms with Gasteiger partial charge in [0, 0.05) is 10.6 Å². The number of carbonyl (C=O) groups excluding carboxylic acids is 1. The topological polar surface area (TPSA) is 63.8 Å². The molecule has 6 heteroatoms. The largest absolute Gasteiger partial charge is 0.483 e. The zero-order valence-electron chi connectivity index (χ0n) is 16.9. The zero-order chi connectivity index (χ0) is 21.0. The van der Waals surface area contributed by atoms with Crippen molar-refractivity contribution >= 4 is 23.7 Å². The van der Waals surface area contributed by atoms with E-state index in [9.17, 15) is 4.79 Å². The molecule has 0 aliphatic carbocycles. The molecule has 5 nitrogen and oxygen atoms in total. The summed E-state index contributed by atoms with van der Waals surface area (Å²) in [5, 5.41) is 4.61. The summed E-state index contributed by atoms with van der Waals surface area (Å²) in [4.78, 5) is 12.0. The third-order valence-corrected chi connectivity index (χ3v) is 5.09. The standard InChI is InChI=1S/C23H23ClN2O3/c1-14-5-6-16(3)23(17(14)4)28-13-22(27)26-25-12-19-9-10-21(29-19)18-8-7-15(2)20(24)11-18/h5-12H,13H2,1-4H3,(H,26,27)/b25-12+. The van der Waals surface area contributed by atoms with E-state index in [1.54, 1.807) is 6.07 Å². The number of benzene rings is 2. The highest BCUT2D eigenvalue weighted by molar-refractivity contribution is 6.31. The first-order chi connectivity index (χ1) is 13.8. The predicted molar refractivity (Wildman–Crippen MR) is 116 cm³/mol. The lowest BCUT2D eigenvalue weighted by Crippen LogP contribution is -2.25. The molecule has 0 aliphatic heterocycles. The summed E-state index contributed by atoms with van der Waals surface area (Å²) in [5.41, 5.74) is 7.46. The van der Waals surface area contributed by atoms with Gasteiger partial charge in [0.05, 0.1) is 6.21 Å². The first-order valence-corrected chi connectivity index (χ1v) is 9.61. The second-order valence-electron chi connectivity index (χ2n) is 6.90. The van der Waals surface area contributed by atoms with Crippen LogP contribution in [0.4, 0.5) is 0 Å². The van der Waals surface area contributed by atoms with Crippen molar-refractivity contribution < 1.29 is 13.9 Å². The van der Waals surface area contributed by atoms with Crippen molar-refractivity contribution in [2.24, 2.45) is 5.10 Å². The summed E-state index contributed by atoms with van der Waals surface area (Å²) in [6.07, 6.45) is 1.44. The molecule has 0 saturated heterocycles. The van der Waals surface area contributed by atoms with Crippen LogP contribution < -0.4 is 10.2 Å². The zero-order valence-corrected chi connectivity index (χ0v) is 17.6. The Morgan fingerprint density at radius 3 is 2.55 bits per heavy atom. The molecule has 1 N–H and O–H groups in total. The van der Waals surface area contributed by atoms with E-state index >= 15 is 0 Å². The van der Waals surface area contributed by atoms with E-state index in [1.165, 1.54) is 6.21 Å². The highest BCUT2D eigenvalue weighted by atomic mass is 35.5. The van der Waals surface area contributed by atoms with Gasteiger partial charge in [0.15, 0.2) is 6.61 Å². The number of carbonyl (C=O) groups is 1. The van der Waals surface area contributed by atoms with Gasteiger partial charge in [0.2, 0.25) is 0 Å². The van der Waals surface area contributed by atoms with Gasteiger partial charge in [-0.15, -0.1) is 0 Å². The maximum Gasteiger partial charge on any atom is 0.277 e. The lowest BCUT2D eigenvalue weighted by Gasteiger charge is -2.13. The molecule has 0 bridgehead atoms. The molecule has 0 aliphatic rings. The number of rotatable bonds is 6. The van der Waals surface area contributed by atoms with Crippen molar-refractivity contribution in [3.05, 3.63) is 75.5 Å². The summed E-state index contributed by atoms with van der Waals surface area (Å²) in [6.45, 7) is 7.76. The van der Waals surface area contributed by atoms with Crippen molar-refractivity contribution in [3.63, 3.8) is 0 Å². The molecule has 3 rings (SSSR count). The third kappa shape index (κ3) is 5.06. The van der Waals surface area contributed by atoms with Crippen LogP contribution in [0, 0.1) is 27.7 Å². The Morgan fingerprint density at radius 2 is 1.79 bits per heavy atom. The van der Waals surface area contributed by atoms with Gasteiger partial charge < -0.3 is 9.15 Å². The monoisotopic (exact) mass is 410 g/mol. The molecule has 0 saturated carbocycles. The highest BCUT2D eigenvalue weighted by Crippen LogP contribution is 2.27. The third-order valence-electron chi connectivity index (χ3n) is 4.69. The Kier molecular flexibility index (Phi) is 6.39. The fraction of sp³-hybridized carbons (Fsp3) is 0.217. The van der Waals surface area contributed by atoms with Gasteiger partial charge in [0.1, 0.15) is 17.3 Å². The maximum absolute atomic E-state index is 12.0. The Labute approximate surface area is 175 Å². The van der Waals surface area contributed by atoms with Crippen molar-refractivity contribution in [3.8, 4) is 17.1 Å². The van der Waals surface area contributed by atoms with Crippen LogP contribution in [0.25, 0.3) is 11.3 Å². The van der Waals surface area contributed by atoms with E-state index in [2.05, 4.69) is 10.5 Å². The van der Waals surface area contributed by atoms with E-state index < -0.39 is 0 Å². The van der Waals surface area contributed by atoms with Gasteiger partial charge in [0.25, 0.3) is 5.91 Å². The predicted octanol–water partition coefficient (Wildman–Crippen LogP) is 5.36. The van der Waals surface area contributed by atoms with E-state index in [0.717, 1.165) is 33.6 Å². The molecule has 3 aromatic rings. The van der Waals surface area contributed by atoms with Crippen molar-refractivity contribution in [2.45, 2.75) is 27.7 Å². The van der Waals surface area contributed by atoms with Crippen LogP contribution >= 0.6 is 11.6 Å². The number of hydrogen-bond acceptors (Lipinski definition) is 4. The SMILES string of the molecule is Cc1ccc(-c2ccc(/C=N/NC(=O)COc3c(C)ccc(C)c3C)o2)cc1Cl. The van der Waals surface area contributed by atoms with E-state index in [1.807, 2.05) is 64.1 Å². The van der Waals surface area contributed by atoms with E-state index in [0.29, 0.717) is 16.5 Å². The Bertz CT molecular complexity index is 1070. The fourth-order valence-corrected chi connectivity index (χ4v) is 2.99. The lowest BCUT2D eigenvalue weighted by molar-refractivity contribution is -0.123. The Balaban J connectivity index is 1.56. The van der Waals surface area contributed by atoms with Crippen LogP contribution in [0.15, 0.2) is 52.0 Å². The maximum atomic E-state index is 12.0. The van der Waals surface area contributed by atoms with E-state index in [-0.39, 0.29) is 12.5 Å². The summed E-state index contributed by atoms with van der Waals surface area (Å²) >= 11 is 6.16. The van der Waals surface area contributed by atoms with Crippen LogP contribution in [-0.2, 0) is 4.79 Å². The molecule has 150 valence electrons. The molecule has 1 heterocycles. The molecular formula is C23H23ClN2O3. The van der Waals surface area contributed by atoms with Crippen molar-refractivity contribution in [1.82, 2.24) is 5.43 Å². The quantitative estimate of drug-likeness (QED) is 0.439. The van der Waals surface area contributed by atoms with Gasteiger partial charge >= 0.3 is 0 Å². The number of amides is 1. The summed E-state index contributed by atoms with van der Waals surface area (Å²) < 4.78 is 11.4. The van der Waals surface area contributed by atoms with Crippen molar-refractivity contribution in [1.29, 1.82) is 0 Å². The minimum Gasteiger partial charge on any atom is -0.483 e. The fourth-order valence-electron chi connectivity index (χ4n) is 2.81. The van der Waals surface area contributed by atoms with Crippen LogP contribution in [0.1, 0.15) is 28.0 Å². The minimum absolute atomic E-state index is 0.117. The number of nitrogens with zero attached hydrogens (tertiary/aromatic N) is 1.